The van der Waals surface area contributed by atoms with Crippen LogP contribution < -0.4 is 0 Å². The highest BCUT2D eigenvalue weighted by Crippen LogP contribution is 2.32. The van der Waals surface area contributed by atoms with Gasteiger partial charge in [0.05, 0.1) is 5.38 Å². The molecule has 1 unspecified atom stereocenters. The Morgan fingerprint density at radius 1 is 1.07 bits per heavy atom. The minimum absolute atomic E-state index is 0.0168. The SMILES string of the molecule is Cc1ccc(C(Cl)c2cscc2C)cc1. The quantitative estimate of drug-likeness (QED) is 0.664. The van der Waals surface area contributed by atoms with Crippen molar-refractivity contribution in [1.29, 1.82) is 0 Å². The van der Waals surface area contributed by atoms with E-state index in [0.29, 0.717) is 0 Å². The van der Waals surface area contributed by atoms with E-state index in [0.717, 1.165) is 0 Å². The number of hydrogen-bond acceptors (Lipinski definition) is 1. The first-order valence-corrected chi connectivity index (χ1v) is 6.29. The average molecular weight is 237 g/mol. The molecule has 0 N–H and O–H groups in total. The first-order valence-electron chi connectivity index (χ1n) is 4.92. The summed E-state index contributed by atoms with van der Waals surface area (Å²) in [5, 5.41) is 4.25. The van der Waals surface area contributed by atoms with Gasteiger partial charge in [-0.05, 0) is 41.3 Å². The van der Waals surface area contributed by atoms with Crippen molar-refractivity contribution in [3.05, 3.63) is 57.3 Å². The summed E-state index contributed by atoms with van der Waals surface area (Å²) >= 11 is 8.15. The van der Waals surface area contributed by atoms with Crippen molar-refractivity contribution in [2.75, 3.05) is 0 Å². The van der Waals surface area contributed by atoms with E-state index in [1.54, 1.807) is 11.3 Å². The molecule has 1 atom stereocenters. The lowest BCUT2D eigenvalue weighted by Gasteiger charge is -2.09. The van der Waals surface area contributed by atoms with Gasteiger partial charge in [0.1, 0.15) is 0 Å². The maximum absolute atomic E-state index is 6.44. The van der Waals surface area contributed by atoms with Crippen LogP contribution in [0, 0.1) is 13.8 Å². The summed E-state index contributed by atoms with van der Waals surface area (Å²) in [5.41, 5.74) is 4.94. The van der Waals surface area contributed by atoms with Crippen LogP contribution in [0.1, 0.15) is 27.6 Å². The standard InChI is InChI=1S/C13H13ClS/c1-9-3-5-11(6-4-9)13(14)12-8-15-7-10(12)2/h3-8,13H,1-2H3. The van der Waals surface area contributed by atoms with Crippen molar-refractivity contribution in [2.24, 2.45) is 0 Å². The molecule has 1 heterocycles. The number of hydrogen-bond donors (Lipinski definition) is 0. The molecule has 0 spiro atoms. The van der Waals surface area contributed by atoms with Crippen molar-refractivity contribution < 1.29 is 0 Å². The van der Waals surface area contributed by atoms with E-state index in [9.17, 15) is 0 Å². The van der Waals surface area contributed by atoms with Crippen LogP contribution in [0.2, 0.25) is 0 Å². The van der Waals surface area contributed by atoms with E-state index in [1.165, 1.54) is 22.3 Å². The van der Waals surface area contributed by atoms with Crippen LogP contribution in [0.5, 0.6) is 0 Å². The molecule has 0 bridgehead atoms. The molecule has 0 aliphatic rings. The van der Waals surface area contributed by atoms with Gasteiger partial charge in [-0.2, -0.15) is 11.3 Å². The first kappa shape index (κ1) is 10.7. The summed E-state index contributed by atoms with van der Waals surface area (Å²) in [5.74, 6) is 0. The van der Waals surface area contributed by atoms with Gasteiger partial charge in [0, 0.05) is 0 Å². The highest BCUT2D eigenvalue weighted by Gasteiger charge is 2.13. The smallest absolute Gasteiger partial charge is 0.0846 e. The molecule has 0 aliphatic heterocycles. The summed E-state index contributed by atoms with van der Waals surface area (Å²) in [6, 6.07) is 8.41. The van der Waals surface area contributed by atoms with Crippen LogP contribution in [0.4, 0.5) is 0 Å². The zero-order valence-corrected chi connectivity index (χ0v) is 10.4. The van der Waals surface area contributed by atoms with Gasteiger partial charge in [-0.15, -0.1) is 11.6 Å². The van der Waals surface area contributed by atoms with Gasteiger partial charge in [-0.3, -0.25) is 0 Å². The van der Waals surface area contributed by atoms with Gasteiger partial charge < -0.3 is 0 Å². The fourth-order valence-corrected chi connectivity index (χ4v) is 2.88. The second-order valence-corrected chi connectivity index (χ2v) is 4.96. The summed E-state index contributed by atoms with van der Waals surface area (Å²) in [4.78, 5) is 0. The summed E-state index contributed by atoms with van der Waals surface area (Å²) in [6.07, 6.45) is 0. The third-order valence-electron chi connectivity index (χ3n) is 2.54. The Labute approximate surface area is 99.5 Å². The highest BCUT2D eigenvalue weighted by atomic mass is 35.5. The molecule has 0 fully saturated rings. The van der Waals surface area contributed by atoms with Gasteiger partial charge in [0.15, 0.2) is 0 Å². The minimum atomic E-state index is -0.0168. The second-order valence-electron chi connectivity index (χ2n) is 3.78. The van der Waals surface area contributed by atoms with Crippen LogP contribution in [-0.2, 0) is 0 Å². The first-order chi connectivity index (χ1) is 7.18. The fourth-order valence-electron chi connectivity index (χ4n) is 1.54. The molecule has 0 aliphatic carbocycles. The molecule has 2 aromatic rings. The third kappa shape index (κ3) is 2.24. The van der Waals surface area contributed by atoms with Crippen LogP contribution in [0.15, 0.2) is 35.0 Å². The summed E-state index contributed by atoms with van der Waals surface area (Å²) < 4.78 is 0. The Morgan fingerprint density at radius 2 is 1.73 bits per heavy atom. The van der Waals surface area contributed by atoms with E-state index in [1.807, 2.05) is 0 Å². The van der Waals surface area contributed by atoms with Crippen LogP contribution in [-0.4, -0.2) is 0 Å². The number of halogens is 1. The Morgan fingerprint density at radius 3 is 2.27 bits per heavy atom. The largest absolute Gasteiger partial charge is 0.152 e. The van der Waals surface area contributed by atoms with E-state index in [2.05, 4.69) is 48.9 Å². The number of alkyl halides is 1. The Balaban J connectivity index is 2.32. The van der Waals surface area contributed by atoms with E-state index in [-0.39, 0.29) is 5.38 Å². The normalized spacial score (nSPS) is 12.7. The van der Waals surface area contributed by atoms with Crippen molar-refractivity contribution in [3.8, 4) is 0 Å². The highest BCUT2D eigenvalue weighted by molar-refractivity contribution is 7.08. The van der Waals surface area contributed by atoms with Crippen LogP contribution in [0.3, 0.4) is 0 Å². The lowest BCUT2D eigenvalue weighted by Crippen LogP contribution is -1.93. The van der Waals surface area contributed by atoms with Gasteiger partial charge >= 0.3 is 0 Å². The molecule has 2 heteroatoms. The monoisotopic (exact) mass is 236 g/mol. The van der Waals surface area contributed by atoms with Crippen molar-refractivity contribution >= 4 is 22.9 Å². The lowest BCUT2D eigenvalue weighted by atomic mass is 10.0. The summed E-state index contributed by atoms with van der Waals surface area (Å²) in [6.45, 7) is 4.19. The van der Waals surface area contributed by atoms with Gasteiger partial charge in [-0.25, -0.2) is 0 Å². The molecular formula is C13H13ClS. The Hall–Kier alpha value is -0.790. The Bertz CT molecular complexity index is 442. The zero-order valence-electron chi connectivity index (χ0n) is 8.83. The topological polar surface area (TPSA) is 0 Å². The van der Waals surface area contributed by atoms with Crippen molar-refractivity contribution in [3.63, 3.8) is 0 Å². The average Bonchev–Trinajstić information content (AvgIpc) is 2.65. The van der Waals surface area contributed by atoms with Crippen molar-refractivity contribution in [2.45, 2.75) is 19.2 Å². The molecule has 2 rings (SSSR count). The lowest BCUT2D eigenvalue weighted by molar-refractivity contribution is 1.13. The van der Waals surface area contributed by atoms with Gasteiger partial charge in [0.2, 0.25) is 0 Å². The van der Waals surface area contributed by atoms with Gasteiger partial charge in [-0.1, -0.05) is 29.8 Å². The zero-order chi connectivity index (χ0) is 10.8. The maximum Gasteiger partial charge on any atom is 0.0846 e. The fraction of sp³-hybridized carbons (Fsp3) is 0.231. The molecule has 0 radical (unpaired) electrons. The molecule has 1 aromatic heterocycles. The second kappa shape index (κ2) is 4.38. The number of aryl methyl sites for hydroxylation is 2. The Kier molecular flexibility index (Phi) is 3.13. The molecule has 0 saturated heterocycles. The number of benzene rings is 1. The minimum Gasteiger partial charge on any atom is -0.152 e. The molecule has 0 amide bonds. The van der Waals surface area contributed by atoms with E-state index < -0.39 is 0 Å². The van der Waals surface area contributed by atoms with Gasteiger partial charge in [0.25, 0.3) is 0 Å². The molecule has 15 heavy (non-hydrogen) atoms. The predicted molar refractivity (Wildman–Crippen MR) is 67.9 cm³/mol. The van der Waals surface area contributed by atoms with E-state index >= 15 is 0 Å². The molecular weight excluding hydrogens is 224 g/mol. The number of rotatable bonds is 2. The predicted octanol–water partition coefficient (Wildman–Crippen LogP) is 4.69. The third-order valence-corrected chi connectivity index (χ3v) is 3.90. The molecule has 0 saturated carbocycles. The molecule has 78 valence electrons. The number of thiophene rings is 1. The molecule has 0 nitrogen and oxygen atoms in total. The van der Waals surface area contributed by atoms with Crippen molar-refractivity contribution in [1.82, 2.24) is 0 Å². The summed E-state index contributed by atoms with van der Waals surface area (Å²) in [7, 11) is 0. The van der Waals surface area contributed by atoms with Crippen LogP contribution in [0.25, 0.3) is 0 Å². The van der Waals surface area contributed by atoms with Crippen LogP contribution >= 0.6 is 22.9 Å². The molecule has 1 aromatic carbocycles. The maximum atomic E-state index is 6.44. The van der Waals surface area contributed by atoms with E-state index in [4.69, 9.17) is 11.6 Å².